The van der Waals surface area contributed by atoms with Gasteiger partial charge in [-0.2, -0.15) is 0 Å². The normalized spacial score (nSPS) is 22.2. The second kappa shape index (κ2) is 9.55. The number of nitrogens with zero attached hydrogens (tertiary/aromatic N) is 1. The molecule has 1 saturated heterocycles. The lowest BCUT2D eigenvalue weighted by molar-refractivity contribution is -0.127. The fourth-order valence-electron chi connectivity index (χ4n) is 5.20. The first-order valence-corrected chi connectivity index (χ1v) is 11.5. The van der Waals surface area contributed by atoms with Crippen molar-refractivity contribution >= 4 is 23.4 Å². The maximum atomic E-state index is 13.3. The minimum atomic E-state index is -0.538. The quantitative estimate of drug-likeness (QED) is 0.752. The first-order chi connectivity index (χ1) is 15.5. The van der Waals surface area contributed by atoms with Crippen molar-refractivity contribution in [3.63, 3.8) is 0 Å². The van der Waals surface area contributed by atoms with Crippen LogP contribution in [0.15, 0.2) is 48.5 Å². The van der Waals surface area contributed by atoms with Gasteiger partial charge in [0.15, 0.2) is 0 Å². The number of nitrogens with one attached hydrogen (secondary N) is 2. The SMILES string of the molecule is Cc1cccc(C)c1NC(=O)CNC(=O)C1CC2CCCCC2N1C(=O)c1ccccc1. The highest BCUT2D eigenvalue weighted by Gasteiger charge is 2.47. The van der Waals surface area contributed by atoms with Crippen molar-refractivity contribution in [3.05, 3.63) is 65.2 Å². The van der Waals surface area contributed by atoms with Crippen LogP contribution in [0.3, 0.4) is 0 Å². The third-order valence-electron chi connectivity index (χ3n) is 6.81. The lowest BCUT2D eigenvalue weighted by atomic mass is 9.84. The molecular weight excluding hydrogens is 402 g/mol. The average molecular weight is 434 g/mol. The topological polar surface area (TPSA) is 78.5 Å². The van der Waals surface area contributed by atoms with E-state index in [4.69, 9.17) is 0 Å². The standard InChI is InChI=1S/C26H31N3O3/c1-17-9-8-10-18(2)24(17)28-23(30)16-27-25(31)22-15-20-13-6-7-14-21(20)29(22)26(32)19-11-4-3-5-12-19/h3-5,8-12,20-22H,6-7,13-16H2,1-2H3,(H,27,31)(H,28,30). The van der Waals surface area contributed by atoms with E-state index in [1.165, 1.54) is 0 Å². The van der Waals surface area contributed by atoms with Gasteiger partial charge in [-0.3, -0.25) is 14.4 Å². The molecule has 2 fully saturated rings. The second-order valence-electron chi connectivity index (χ2n) is 8.97. The van der Waals surface area contributed by atoms with E-state index >= 15 is 0 Å². The van der Waals surface area contributed by atoms with E-state index in [9.17, 15) is 14.4 Å². The molecule has 1 aliphatic heterocycles. The molecule has 32 heavy (non-hydrogen) atoms. The molecule has 3 atom stereocenters. The molecule has 4 rings (SSSR count). The van der Waals surface area contributed by atoms with Crippen LogP contribution in [0.2, 0.25) is 0 Å². The van der Waals surface area contributed by atoms with Crippen molar-refractivity contribution in [1.29, 1.82) is 0 Å². The van der Waals surface area contributed by atoms with E-state index in [0.717, 1.165) is 42.5 Å². The smallest absolute Gasteiger partial charge is 0.254 e. The lowest BCUT2D eigenvalue weighted by Crippen LogP contribution is -2.50. The molecule has 168 valence electrons. The summed E-state index contributed by atoms with van der Waals surface area (Å²) in [6, 6.07) is 14.5. The van der Waals surface area contributed by atoms with E-state index < -0.39 is 6.04 Å². The number of hydrogen-bond donors (Lipinski definition) is 2. The van der Waals surface area contributed by atoms with E-state index in [0.29, 0.717) is 17.9 Å². The zero-order chi connectivity index (χ0) is 22.7. The van der Waals surface area contributed by atoms with Gasteiger partial charge in [0, 0.05) is 17.3 Å². The van der Waals surface area contributed by atoms with Crippen molar-refractivity contribution in [2.24, 2.45) is 5.92 Å². The predicted octanol–water partition coefficient (Wildman–Crippen LogP) is 3.83. The van der Waals surface area contributed by atoms with Crippen molar-refractivity contribution < 1.29 is 14.4 Å². The first-order valence-electron chi connectivity index (χ1n) is 11.5. The van der Waals surface area contributed by atoms with Crippen LogP contribution in [0.1, 0.15) is 53.6 Å². The molecule has 2 aromatic rings. The maximum Gasteiger partial charge on any atom is 0.254 e. The van der Waals surface area contributed by atoms with Crippen LogP contribution < -0.4 is 10.6 Å². The Hall–Kier alpha value is -3.15. The summed E-state index contributed by atoms with van der Waals surface area (Å²) in [7, 11) is 0. The number of carbonyl (C=O) groups is 3. The summed E-state index contributed by atoms with van der Waals surface area (Å²) in [5, 5.41) is 5.68. The highest BCUT2D eigenvalue weighted by atomic mass is 16.2. The molecule has 0 aromatic heterocycles. The highest BCUT2D eigenvalue weighted by Crippen LogP contribution is 2.40. The summed E-state index contributed by atoms with van der Waals surface area (Å²) in [5.41, 5.74) is 3.33. The van der Waals surface area contributed by atoms with Crippen LogP contribution in [-0.4, -0.2) is 41.2 Å². The van der Waals surface area contributed by atoms with Crippen LogP contribution in [0, 0.1) is 19.8 Å². The third kappa shape index (κ3) is 4.54. The first kappa shape index (κ1) is 22.1. The van der Waals surface area contributed by atoms with Crippen molar-refractivity contribution in [2.45, 2.75) is 58.0 Å². The fourth-order valence-corrected chi connectivity index (χ4v) is 5.20. The molecular formula is C26H31N3O3. The minimum absolute atomic E-state index is 0.0932. The largest absolute Gasteiger partial charge is 0.345 e. The van der Waals surface area contributed by atoms with Crippen LogP contribution in [0.25, 0.3) is 0 Å². The number of hydrogen-bond acceptors (Lipinski definition) is 3. The summed E-state index contributed by atoms with van der Waals surface area (Å²) < 4.78 is 0. The van der Waals surface area contributed by atoms with E-state index in [1.807, 2.05) is 50.2 Å². The van der Waals surface area contributed by atoms with Crippen molar-refractivity contribution in [3.8, 4) is 0 Å². The fraction of sp³-hybridized carbons (Fsp3) is 0.423. The molecule has 3 unspecified atom stereocenters. The van der Waals surface area contributed by atoms with Crippen LogP contribution >= 0.6 is 0 Å². The molecule has 0 radical (unpaired) electrons. The molecule has 3 amide bonds. The molecule has 1 saturated carbocycles. The number of anilines is 1. The Morgan fingerprint density at radius 1 is 0.938 bits per heavy atom. The Morgan fingerprint density at radius 2 is 1.62 bits per heavy atom. The molecule has 2 aliphatic rings. The van der Waals surface area contributed by atoms with E-state index in [1.54, 1.807) is 17.0 Å². The van der Waals surface area contributed by atoms with E-state index in [2.05, 4.69) is 10.6 Å². The van der Waals surface area contributed by atoms with Gasteiger partial charge in [-0.15, -0.1) is 0 Å². The molecule has 2 N–H and O–H groups in total. The van der Waals surface area contributed by atoms with Crippen LogP contribution in [-0.2, 0) is 9.59 Å². The average Bonchev–Trinajstić information content (AvgIpc) is 3.20. The molecule has 1 aliphatic carbocycles. The monoisotopic (exact) mass is 433 g/mol. The second-order valence-corrected chi connectivity index (χ2v) is 8.97. The zero-order valence-electron chi connectivity index (χ0n) is 18.8. The number of amides is 3. The molecule has 1 heterocycles. The molecule has 0 bridgehead atoms. The lowest BCUT2D eigenvalue weighted by Gasteiger charge is -2.33. The number of para-hydroxylation sites is 1. The maximum absolute atomic E-state index is 13.3. The summed E-state index contributed by atoms with van der Waals surface area (Å²) >= 11 is 0. The Labute approximate surface area is 189 Å². The Balaban J connectivity index is 1.45. The molecule has 2 aromatic carbocycles. The van der Waals surface area contributed by atoms with Gasteiger partial charge in [-0.25, -0.2) is 0 Å². The third-order valence-corrected chi connectivity index (χ3v) is 6.81. The van der Waals surface area contributed by atoms with Gasteiger partial charge >= 0.3 is 0 Å². The summed E-state index contributed by atoms with van der Waals surface area (Å²) in [6.45, 7) is 3.76. The van der Waals surface area contributed by atoms with Gasteiger partial charge in [-0.1, -0.05) is 49.2 Å². The zero-order valence-corrected chi connectivity index (χ0v) is 18.8. The highest BCUT2D eigenvalue weighted by molar-refractivity contribution is 6.00. The number of rotatable bonds is 5. The minimum Gasteiger partial charge on any atom is -0.345 e. The van der Waals surface area contributed by atoms with Crippen LogP contribution in [0.4, 0.5) is 5.69 Å². The number of carbonyl (C=O) groups excluding carboxylic acids is 3. The van der Waals surface area contributed by atoms with Gasteiger partial charge in [0.1, 0.15) is 6.04 Å². The van der Waals surface area contributed by atoms with Gasteiger partial charge in [0.25, 0.3) is 5.91 Å². The van der Waals surface area contributed by atoms with Gasteiger partial charge in [-0.05, 0) is 62.3 Å². The van der Waals surface area contributed by atoms with Crippen molar-refractivity contribution in [1.82, 2.24) is 10.2 Å². The summed E-state index contributed by atoms with van der Waals surface area (Å²) in [4.78, 5) is 40.8. The summed E-state index contributed by atoms with van der Waals surface area (Å²) in [6.07, 6.45) is 4.85. The van der Waals surface area contributed by atoms with Gasteiger partial charge < -0.3 is 15.5 Å². The number of aryl methyl sites for hydroxylation is 2. The van der Waals surface area contributed by atoms with Crippen LogP contribution in [0.5, 0.6) is 0 Å². The molecule has 6 nitrogen and oxygen atoms in total. The molecule has 6 heteroatoms. The summed E-state index contributed by atoms with van der Waals surface area (Å²) in [5.74, 6) is -0.275. The van der Waals surface area contributed by atoms with Gasteiger partial charge in [0.05, 0.1) is 6.54 Å². The number of benzene rings is 2. The Kier molecular flexibility index (Phi) is 6.58. The molecule has 0 spiro atoms. The Bertz CT molecular complexity index is 984. The van der Waals surface area contributed by atoms with Gasteiger partial charge in [0.2, 0.25) is 11.8 Å². The number of fused-ring (bicyclic) bond motifs is 1. The Morgan fingerprint density at radius 3 is 2.34 bits per heavy atom. The van der Waals surface area contributed by atoms with E-state index in [-0.39, 0.29) is 30.3 Å². The predicted molar refractivity (Wildman–Crippen MR) is 124 cm³/mol. The van der Waals surface area contributed by atoms with Crippen molar-refractivity contribution in [2.75, 3.05) is 11.9 Å². The number of likely N-dealkylation sites (tertiary alicyclic amines) is 1.